The van der Waals surface area contributed by atoms with Crippen molar-refractivity contribution in [1.82, 2.24) is 14.1 Å². The lowest BCUT2D eigenvalue weighted by atomic mass is 10.0. The van der Waals surface area contributed by atoms with Crippen LogP contribution in [0.1, 0.15) is 42.8 Å². The van der Waals surface area contributed by atoms with E-state index in [4.69, 9.17) is 4.42 Å². The predicted molar refractivity (Wildman–Crippen MR) is 116 cm³/mol. The molecule has 0 aliphatic carbocycles. The maximum absolute atomic E-state index is 13.4. The highest BCUT2D eigenvalue weighted by Crippen LogP contribution is 2.23. The Kier molecular flexibility index (Phi) is 7.33. The summed E-state index contributed by atoms with van der Waals surface area (Å²) < 4.78 is 32.3. The van der Waals surface area contributed by atoms with Crippen LogP contribution in [0.3, 0.4) is 0 Å². The first-order chi connectivity index (χ1) is 14.4. The summed E-state index contributed by atoms with van der Waals surface area (Å²) in [5, 5.41) is 0. The molecule has 0 radical (unpaired) electrons. The van der Waals surface area contributed by atoms with Crippen LogP contribution in [-0.4, -0.2) is 67.7 Å². The van der Waals surface area contributed by atoms with Gasteiger partial charge in [-0.3, -0.25) is 4.79 Å². The summed E-state index contributed by atoms with van der Waals surface area (Å²) in [5.41, 5.74) is 0.485. The quantitative estimate of drug-likeness (QED) is 0.640. The van der Waals surface area contributed by atoms with Crippen LogP contribution in [-0.2, 0) is 16.6 Å². The number of amides is 1. The third-order valence-electron chi connectivity index (χ3n) is 5.74. The molecule has 1 aliphatic heterocycles. The van der Waals surface area contributed by atoms with Crippen molar-refractivity contribution in [3.8, 4) is 0 Å². The van der Waals surface area contributed by atoms with Gasteiger partial charge in [-0.1, -0.05) is 13.8 Å². The largest absolute Gasteiger partial charge is 0.467 e. The van der Waals surface area contributed by atoms with E-state index in [1.807, 2.05) is 30.9 Å². The van der Waals surface area contributed by atoms with Crippen LogP contribution >= 0.6 is 0 Å². The fourth-order valence-corrected chi connectivity index (χ4v) is 5.35. The van der Waals surface area contributed by atoms with Crippen molar-refractivity contribution < 1.29 is 17.6 Å². The van der Waals surface area contributed by atoms with Gasteiger partial charge in [0.1, 0.15) is 5.76 Å². The molecule has 7 nitrogen and oxygen atoms in total. The average molecular weight is 434 g/mol. The van der Waals surface area contributed by atoms with E-state index in [2.05, 4.69) is 11.9 Å². The Morgan fingerprint density at radius 3 is 2.27 bits per heavy atom. The Balaban J connectivity index is 1.83. The van der Waals surface area contributed by atoms with Crippen molar-refractivity contribution in [2.75, 3.05) is 33.2 Å². The number of rotatable bonds is 8. The number of piperidine rings is 1. The highest BCUT2D eigenvalue weighted by atomic mass is 32.2. The number of carbonyl (C=O) groups is 1. The van der Waals surface area contributed by atoms with E-state index in [-0.39, 0.29) is 16.8 Å². The normalized spacial score (nSPS) is 16.1. The number of sulfonamides is 1. The number of hydrogen-bond acceptors (Lipinski definition) is 5. The molecule has 1 aromatic carbocycles. The second-order valence-electron chi connectivity index (χ2n) is 7.66. The lowest BCUT2D eigenvalue weighted by Crippen LogP contribution is -2.46. The molecule has 8 heteroatoms. The zero-order valence-electron chi connectivity index (χ0n) is 18.0. The average Bonchev–Trinajstić information content (AvgIpc) is 3.26. The summed E-state index contributed by atoms with van der Waals surface area (Å²) in [6, 6.07) is 10.1. The molecular formula is C22H31N3O4S. The van der Waals surface area contributed by atoms with Crippen molar-refractivity contribution >= 4 is 15.9 Å². The molecule has 0 saturated carbocycles. The molecule has 1 aromatic heterocycles. The maximum Gasteiger partial charge on any atom is 0.254 e. The number of furan rings is 1. The Bertz CT molecular complexity index is 914. The Morgan fingerprint density at radius 1 is 1.10 bits per heavy atom. The van der Waals surface area contributed by atoms with Gasteiger partial charge in [-0.15, -0.1) is 0 Å². The van der Waals surface area contributed by atoms with Crippen molar-refractivity contribution in [2.24, 2.45) is 0 Å². The number of benzene rings is 1. The Hall–Kier alpha value is -2.16. The molecule has 3 rings (SSSR count). The SMILES string of the molecule is CCN(CC)S(=O)(=O)c1ccc(C(=O)N(Cc2ccco2)C2CCN(C)CC2)cc1. The van der Waals surface area contributed by atoms with Crippen LogP contribution in [0.5, 0.6) is 0 Å². The van der Waals surface area contributed by atoms with Gasteiger partial charge in [0, 0.05) is 24.7 Å². The summed E-state index contributed by atoms with van der Waals surface area (Å²) in [6.45, 7) is 6.72. The molecule has 1 amide bonds. The fourth-order valence-electron chi connectivity index (χ4n) is 3.89. The van der Waals surface area contributed by atoms with Gasteiger partial charge >= 0.3 is 0 Å². The molecule has 0 spiro atoms. The van der Waals surface area contributed by atoms with Crippen LogP contribution in [0.25, 0.3) is 0 Å². The molecule has 1 aliphatic rings. The van der Waals surface area contributed by atoms with Gasteiger partial charge in [0.15, 0.2) is 0 Å². The molecule has 0 N–H and O–H groups in total. The van der Waals surface area contributed by atoms with E-state index in [9.17, 15) is 13.2 Å². The summed E-state index contributed by atoms with van der Waals surface area (Å²) in [4.78, 5) is 17.7. The van der Waals surface area contributed by atoms with Crippen LogP contribution in [0, 0.1) is 0 Å². The van der Waals surface area contributed by atoms with Gasteiger partial charge in [-0.2, -0.15) is 4.31 Å². The standard InChI is InChI=1S/C22H31N3O4S/c1-4-24(5-2)30(27,28)21-10-8-18(9-11-21)22(26)25(17-20-7-6-16-29-20)19-12-14-23(3)15-13-19/h6-11,16,19H,4-5,12-15,17H2,1-3H3. The van der Waals surface area contributed by atoms with E-state index in [0.29, 0.717) is 25.2 Å². The topological polar surface area (TPSA) is 74.1 Å². The monoisotopic (exact) mass is 433 g/mol. The fraction of sp³-hybridized carbons (Fsp3) is 0.500. The zero-order chi connectivity index (χ0) is 21.7. The second-order valence-corrected chi connectivity index (χ2v) is 9.60. The molecular weight excluding hydrogens is 402 g/mol. The van der Waals surface area contributed by atoms with Crippen molar-refractivity contribution in [3.05, 3.63) is 54.0 Å². The summed E-state index contributed by atoms with van der Waals surface area (Å²) in [5.74, 6) is 0.635. The van der Waals surface area contributed by atoms with Crippen LogP contribution < -0.4 is 0 Å². The summed E-state index contributed by atoms with van der Waals surface area (Å²) >= 11 is 0. The lowest BCUT2D eigenvalue weighted by Gasteiger charge is -2.37. The van der Waals surface area contributed by atoms with Gasteiger partial charge in [0.25, 0.3) is 5.91 Å². The van der Waals surface area contributed by atoms with Crippen LogP contribution in [0.15, 0.2) is 52.0 Å². The van der Waals surface area contributed by atoms with E-state index >= 15 is 0 Å². The Labute approximate surface area is 179 Å². The van der Waals surface area contributed by atoms with E-state index in [1.165, 1.54) is 16.4 Å². The number of nitrogens with zero attached hydrogens (tertiary/aromatic N) is 3. The highest BCUT2D eigenvalue weighted by molar-refractivity contribution is 7.89. The number of carbonyl (C=O) groups excluding carboxylic acids is 1. The minimum atomic E-state index is -3.54. The molecule has 0 atom stereocenters. The van der Waals surface area contributed by atoms with Crippen molar-refractivity contribution in [1.29, 1.82) is 0 Å². The van der Waals surface area contributed by atoms with Crippen LogP contribution in [0.2, 0.25) is 0 Å². The van der Waals surface area contributed by atoms with Gasteiger partial charge in [0.2, 0.25) is 10.0 Å². The third kappa shape index (κ3) is 4.94. The first-order valence-electron chi connectivity index (χ1n) is 10.5. The second kappa shape index (κ2) is 9.76. The maximum atomic E-state index is 13.4. The summed E-state index contributed by atoms with van der Waals surface area (Å²) in [6.07, 6.45) is 3.41. The van der Waals surface area contributed by atoms with Gasteiger partial charge in [-0.05, 0) is 69.4 Å². The van der Waals surface area contributed by atoms with Crippen molar-refractivity contribution in [2.45, 2.75) is 44.2 Å². The van der Waals surface area contributed by atoms with Crippen molar-refractivity contribution in [3.63, 3.8) is 0 Å². The van der Waals surface area contributed by atoms with E-state index in [1.54, 1.807) is 18.4 Å². The zero-order valence-corrected chi connectivity index (χ0v) is 18.8. The molecule has 0 bridgehead atoms. The number of likely N-dealkylation sites (tertiary alicyclic amines) is 1. The molecule has 30 heavy (non-hydrogen) atoms. The first kappa shape index (κ1) is 22.5. The minimum Gasteiger partial charge on any atom is -0.467 e. The minimum absolute atomic E-state index is 0.104. The van der Waals surface area contributed by atoms with Crippen LogP contribution in [0.4, 0.5) is 0 Å². The highest BCUT2D eigenvalue weighted by Gasteiger charge is 2.29. The molecule has 1 fully saturated rings. The summed E-state index contributed by atoms with van der Waals surface area (Å²) in [7, 11) is -1.46. The van der Waals surface area contributed by atoms with Gasteiger partial charge < -0.3 is 14.2 Å². The Morgan fingerprint density at radius 2 is 1.73 bits per heavy atom. The van der Waals surface area contributed by atoms with Gasteiger partial charge in [-0.25, -0.2) is 8.42 Å². The molecule has 2 heterocycles. The molecule has 1 saturated heterocycles. The molecule has 2 aromatic rings. The first-order valence-corrected chi connectivity index (χ1v) is 11.9. The number of hydrogen-bond donors (Lipinski definition) is 0. The third-order valence-corrected chi connectivity index (χ3v) is 7.80. The predicted octanol–water partition coefficient (Wildman–Crippen LogP) is 3.05. The smallest absolute Gasteiger partial charge is 0.254 e. The van der Waals surface area contributed by atoms with E-state index in [0.717, 1.165) is 31.7 Å². The molecule has 164 valence electrons. The molecule has 0 unspecified atom stereocenters. The lowest BCUT2D eigenvalue weighted by molar-refractivity contribution is 0.0550. The van der Waals surface area contributed by atoms with E-state index < -0.39 is 10.0 Å². The van der Waals surface area contributed by atoms with Gasteiger partial charge in [0.05, 0.1) is 17.7 Å².